The van der Waals surface area contributed by atoms with Crippen LogP contribution >= 0.6 is 0 Å². The molecule has 0 aliphatic rings. The second kappa shape index (κ2) is 6.75. The second-order valence-electron chi connectivity index (χ2n) is 5.58. The Morgan fingerprint density at radius 3 is 2.27 bits per heavy atom. The molecule has 1 N–H and O–H groups in total. The van der Waals surface area contributed by atoms with Crippen LogP contribution in [0.1, 0.15) is 40.9 Å². The summed E-state index contributed by atoms with van der Waals surface area (Å²) in [5, 5.41) is 2.57. The van der Waals surface area contributed by atoms with Crippen LogP contribution in [0, 0.1) is 6.92 Å². The lowest BCUT2D eigenvalue weighted by molar-refractivity contribution is -0.140. The van der Waals surface area contributed by atoms with Crippen LogP contribution in [0.25, 0.3) is 0 Å². The van der Waals surface area contributed by atoms with E-state index < -0.39 is 43.6 Å². The summed E-state index contributed by atoms with van der Waals surface area (Å²) in [6.07, 6.45) is -3.74. The van der Waals surface area contributed by atoms with Gasteiger partial charge in [-0.25, -0.2) is 8.42 Å². The van der Waals surface area contributed by atoms with E-state index in [0.717, 1.165) is 23.9 Å². The number of carbonyl (C=O) groups is 1. The maximum Gasteiger partial charge on any atom is 0.417 e. The third-order valence-corrected chi connectivity index (χ3v) is 5.96. The molecule has 26 heavy (non-hydrogen) atoms. The number of H-pyrrole nitrogens is 1. The first-order chi connectivity index (χ1) is 12.0. The maximum absolute atomic E-state index is 13.3. The molecule has 0 aliphatic heterocycles. The predicted molar refractivity (Wildman–Crippen MR) is 88.1 cm³/mol. The lowest BCUT2D eigenvalue weighted by Crippen LogP contribution is -2.23. The fraction of sp³-hybridized carbons (Fsp3) is 0.375. The number of carbonyl (C=O) groups excluding carboxylic acids is 1. The zero-order valence-electron chi connectivity index (χ0n) is 14.3. The molecule has 2 rings (SSSR count). The molecule has 2 aromatic rings. The summed E-state index contributed by atoms with van der Waals surface area (Å²) in [5.41, 5.74) is -2.81. The Hall–Kier alpha value is -2.36. The third-order valence-electron chi connectivity index (χ3n) is 4.05. The molecular weight excluding hydrogens is 373 g/mol. The number of rotatable bonds is 5. The fourth-order valence-corrected chi connectivity index (χ4v) is 4.04. The van der Waals surface area contributed by atoms with Gasteiger partial charge < -0.3 is 5.10 Å². The highest BCUT2D eigenvalue weighted by Crippen LogP contribution is 2.37. The molecule has 0 atom stereocenters. The highest BCUT2D eigenvalue weighted by atomic mass is 32.2. The molecule has 0 fully saturated rings. The lowest BCUT2D eigenvalue weighted by atomic mass is 9.98. The largest absolute Gasteiger partial charge is 0.417 e. The van der Waals surface area contributed by atoms with Crippen LogP contribution in [-0.4, -0.2) is 29.7 Å². The lowest BCUT2D eigenvalue weighted by Gasteiger charge is -2.17. The number of aromatic amines is 1. The van der Waals surface area contributed by atoms with Crippen LogP contribution in [0.2, 0.25) is 0 Å². The molecule has 0 saturated heterocycles. The van der Waals surface area contributed by atoms with Gasteiger partial charge in [0.2, 0.25) is 0 Å². The molecule has 1 aromatic carbocycles. The molecule has 0 unspecified atom stereocenters. The summed E-state index contributed by atoms with van der Waals surface area (Å²) >= 11 is 0. The van der Waals surface area contributed by atoms with Crippen LogP contribution in [0.5, 0.6) is 0 Å². The molecular formula is C16H17F3N2O4S. The Morgan fingerprint density at radius 1 is 1.19 bits per heavy atom. The number of halogens is 3. The Bertz CT molecular complexity index is 1020. The van der Waals surface area contributed by atoms with E-state index in [1.54, 1.807) is 6.92 Å². The Balaban J connectivity index is 2.76. The van der Waals surface area contributed by atoms with Crippen molar-refractivity contribution in [1.29, 1.82) is 0 Å². The minimum atomic E-state index is -4.90. The van der Waals surface area contributed by atoms with Gasteiger partial charge in [0.25, 0.3) is 5.56 Å². The van der Waals surface area contributed by atoms with E-state index in [1.807, 2.05) is 0 Å². The van der Waals surface area contributed by atoms with Gasteiger partial charge in [-0.2, -0.15) is 13.2 Å². The van der Waals surface area contributed by atoms with Crippen molar-refractivity contribution in [3.63, 3.8) is 0 Å². The van der Waals surface area contributed by atoms with Crippen molar-refractivity contribution in [2.24, 2.45) is 0 Å². The van der Waals surface area contributed by atoms with Gasteiger partial charge in [0, 0.05) is 18.3 Å². The van der Waals surface area contributed by atoms with Gasteiger partial charge in [-0.1, -0.05) is 13.0 Å². The topological polar surface area (TPSA) is 89.0 Å². The average molecular weight is 390 g/mol. The smallest absolute Gasteiger partial charge is 0.302 e. The normalized spacial score (nSPS) is 12.4. The van der Waals surface area contributed by atoms with E-state index >= 15 is 0 Å². The van der Waals surface area contributed by atoms with Crippen molar-refractivity contribution in [1.82, 2.24) is 9.78 Å². The summed E-state index contributed by atoms with van der Waals surface area (Å²) in [7, 11) is -4.25. The first-order valence-corrected chi connectivity index (χ1v) is 9.37. The monoisotopic (exact) mass is 390 g/mol. The van der Waals surface area contributed by atoms with Gasteiger partial charge in [0.15, 0.2) is 15.6 Å². The van der Waals surface area contributed by atoms with E-state index in [1.165, 1.54) is 6.92 Å². The van der Waals surface area contributed by atoms with Crippen molar-refractivity contribution in [3.05, 3.63) is 50.9 Å². The van der Waals surface area contributed by atoms with Crippen LogP contribution in [0.4, 0.5) is 13.2 Å². The maximum atomic E-state index is 13.3. The van der Waals surface area contributed by atoms with Gasteiger partial charge in [0.05, 0.1) is 16.2 Å². The fourth-order valence-electron chi connectivity index (χ4n) is 2.66. The van der Waals surface area contributed by atoms with Crippen molar-refractivity contribution >= 4 is 15.6 Å². The number of hydrogen-bond donors (Lipinski definition) is 1. The highest BCUT2D eigenvalue weighted by Gasteiger charge is 2.39. The van der Waals surface area contributed by atoms with E-state index in [4.69, 9.17) is 0 Å². The third kappa shape index (κ3) is 3.33. The number of nitrogens with zero attached hydrogens (tertiary/aromatic N) is 1. The second-order valence-corrected chi connectivity index (χ2v) is 7.80. The summed E-state index contributed by atoms with van der Waals surface area (Å²) in [4.78, 5) is 23.8. The molecule has 0 bridgehead atoms. The van der Waals surface area contributed by atoms with Crippen molar-refractivity contribution < 1.29 is 26.4 Å². The molecule has 0 aliphatic carbocycles. The standard InChI is InChI=1S/C16H17F3N2O4S/c1-4-21-15(23)11(8-20-21)13(22)10-6-7-12(16(17,18)19)14(9(10)3)26(24,25)5-2/h6-8,20H,4-5H2,1-3H3. The van der Waals surface area contributed by atoms with E-state index in [2.05, 4.69) is 5.10 Å². The zero-order valence-corrected chi connectivity index (χ0v) is 15.1. The molecule has 0 saturated carbocycles. The molecule has 10 heteroatoms. The SMILES string of the molecule is CCn1[nH]cc(C(=O)c2ccc(C(F)(F)F)c(S(=O)(=O)CC)c2C)c1=O. The number of hydrogen-bond acceptors (Lipinski definition) is 4. The Morgan fingerprint density at radius 2 is 1.81 bits per heavy atom. The van der Waals surface area contributed by atoms with Gasteiger partial charge in [0.1, 0.15) is 5.56 Å². The summed E-state index contributed by atoms with van der Waals surface area (Å²) in [6, 6.07) is 1.46. The Kier molecular flexibility index (Phi) is 5.18. The minimum Gasteiger partial charge on any atom is -0.302 e. The number of aromatic nitrogens is 2. The zero-order chi connectivity index (χ0) is 19.9. The molecule has 1 aromatic heterocycles. The first-order valence-electron chi connectivity index (χ1n) is 7.72. The molecule has 142 valence electrons. The Labute approximate surface area is 147 Å². The number of benzene rings is 1. The molecule has 0 spiro atoms. The van der Waals surface area contributed by atoms with Crippen LogP contribution in [0.3, 0.4) is 0 Å². The van der Waals surface area contributed by atoms with E-state index in [-0.39, 0.29) is 23.2 Å². The van der Waals surface area contributed by atoms with Gasteiger partial charge in [-0.3, -0.25) is 14.3 Å². The molecule has 6 nitrogen and oxygen atoms in total. The molecule has 0 amide bonds. The minimum absolute atomic E-state index is 0.260. The van der Waals surface area contributed by atoms with Gasteiger partial charge >= 0.3 is 6.18 Å². The first kappa shape index (κ1) is 20.0. The average Bonchev–Trinajstić information content (AvgIpc) is 2.93. The molecule has 0 radical (unpaired) electrons. The van der Waals surface area contributed by atoms with E-state index in [0.29, 0.717) is 6.07 Å². The van der Waals surface area contributed by atoms with Crippen molar-refractivity contribution in [2.45, 2.75) is 38.4 Å². The number of sulfone groups is 1. The number of nitrogens with one attached hydrogen (secondary N) is 1. The molecule has 1 heterocycles. The summed E-state index contributed by atoms with van der Waals surface area (Å²) in [6.45, 7) is 4.29. The summed E-state index contributed by atoms with van der Waals surface area (Å²) in [5.74, 6) is -1.39. The van der Waals surface area contributed by atoms with Crippen LogP contribution in [-0.2, 0) is 22.6 Å². The van der Waals surface area contributed by atoms with Gasteiger partial charge in [-0.05, 0) is 25.5 Å². The number of ketones is 1. The highest BCUT2D eigenvalue weighted by molar-refractivity contribution is 7.91. The van der Waals surface area contributed by atoms with Crippen LogP contribution < -0.4 is 5.56 Å². The quantitative estimate of drug-likeness (QED) is 0.795. The van der Waals surface area contributed by atoms with E-state index in [9.17, 15) is 31.2 Å². The van der Waals surface area contributed by atoms with Crippen molar-refractivity contribution in [2.75, 3.05) is 5.75 Å². The van der Waals surface area contributed by atoms with Crippen molar-refractivity contribution in [3.8, 4) is 0 Å². The predicted octanol–water partition coefficient (Wildman–Crippen LogP) is 2.55. The summed E-state index contributed by atoms with van der Waals surface area (Å²) < 4.78 is 65.4. The van der Waals surface area contributed by atoms with Gasteiger partial charge in [-0.15, -0.1) is 0 Å². The number of aryl methyl sites for hydroxylation is 1. The number of alkyl halides is 3. The van der Waals surface area contributed by atoms with Crippen LogP contribution in [0.15, 0.2) is 28.0 Å².